The molecule has 2 heteroatoms. The molecule has 72 valence electrons. The van der Waals surface area contributed by atoms with Crippen LogP contribution in [0.1, 0.15) is 13.8 Å². The molecule has 1 atom stereocenters. The zero-order valence-electron chi connectivity index (χ0n) is 8.57. The van der Waals surface area contributed by atoms with Crippen LogP contribution in [-0.2, 0) is 0 Å². The Kier molecular flexibility index (Phi) is 3.32. The molecule has 0 bridgehead atoms. The quantitative estimate of drug-likeness (QED) is 0.718. The lowest BCUT2D eigenvalue weighted by Gasteiger charge is -2.29. The van der Waals surface area contributed by atoms with E-state index in [0.717, 1.165) is 0 Å². The second-order valence-corrected chi connectivity index (χ2v) is 3.68. The van der Waals surface area contributed by atoms with Crippen molar-refractivity contribution in [1.82, 2.24) is 0 Å². The summed E-state index contributed by atoms with van der Waals surface area (Å²) in [6.45, 7) is 4.26. The summed E-state index contributed by atoms with van der Waals surface area (Å²) in [7, 11) is 2.03. The van der Waals surface area contributed by atoms with Crippen molar-refractivity contribution >= 4 is 5.69 Å². The van der Waals surface area contributed by atoms with E-state index in [9.17, 15) is 0 Å². The van der Waals surface area contributed by atoms with Gasteiger partial charge in [-0.25, -0.2) is 0 Å². The number of hydrogen-bond donors (Lipinski definition) is 1. The molecule has 0 spiro atoms. The lowest BCUT2D eigenvalue weighted by molar-refractivity contribution is 0.486. The van der Waals surface area contributed by atoms with E-state index in [0.29, 0.717) is 5.92 Å². The zero-order chi connectivity index (χ0) is 9.84. The summed E-state index contributed by atoms with van der Waals surface area (Å²) in [6, 6.07) is 10.2. The molecule has 13 heavy (non-hydrogen) atoms. The standard InChI is InChI=1S/C11H18N2/c1-9(2)11(12)13(3)10-7-5-4-6-8-10/h4-9,11H,12H2,1-3H3. The Morgan fingerprint density at radius 1 is 1.15 bits per heavy atom. The summed E-state index contributed by atoms with van der Waals surface area (Å²) in [6.07, 6.45) is 0.0856. The molecule has 0 aliphatic rings. The number of benzene rings is 1. The summed E-state index contributed by atoms with van der Waals surface area (Å²) in [4.78, 5) is 2.10. The molecule has 1 aromatic carbocycles. The first-order valence-electron chi connectivity index (χ1n) is 4.66. The van der Waals surface area contributed by atoms with E-state index < -0.39 is 0 Å². The third-order valence-electron chi connectivity index (χ3n) is 2.29. The van der Waals surface area contributed by atoms with Crippen LogP contribution in [0.25, 0.3) is 0 Å². The number of nitrogens with zero attached hydrogens (tertiary/aromatic N) is 1. The van der Waals surface area contributed by atoms with Gasteiger partial charge >= 0.3 is 0 Å². The van der Waals surface area contributed by atoms with Crippen molar-refractivity contribution in [2.24, 2.45) is 11.7 Å². The van der Waals surface area contributed by atoms with Crippen LogP contribution in [0.5, 0.6) is 0 Å². The maximum absolute atomic E-state index is 6.02. The van der Waals surface area contributed by atoms with Crippen molar-refractivity contribution in [3.8, 4) is 0 Å². The summed E-state index contributed by atoms with van der Waals surface area (Å²) in [5.74, 6) is 0.463. The van der Waals surface area contributed by atoms with Gasteiger partial charge in [-0.15, -0.1) is 0 Å². The molecule has 0 saturated heterocycles. The molecule has 2 N–H and O–H groups in total. The molecule has 0 saturated carbocycles. The first-order chi connectivity index (χ1) is 6.13. The average molecular weight is 178 g/mol. The Labute approximate surface area is 80.4 Å². The zero-order valence-corrected chi connectivity index (χ0v) is 8.57. The third kappa shape index (κ3) is 2.46. The predicted octanol–water partition coefficient (Wildman–Crippen LogP) is 2.06. The van der Waals surface area contributed by atoms with Gasteiger partial charge in [-0.05, 0) is 18.1 Å². The Morgan fingerprint density at radius 3 is 2.15 bits per heavy atom. The molecule has 1 unspecified atom stereocenters. The summed E-state index contributed by atoms with van der Waals surface area (Å²) >= 11 is 0. The fourth-order valence-corrected chi connectivity index (χ4v) is 1.28. The average Bonchev–Trinajstić information content (AvgIpc) is 2.17. The molecule has 0 aliphatic carbocycles. The van der Waals surface area contributed by atoms with Crippen molar-refractivity contribution in [3.05, 3.63) is 30.3 Å². The van der Waals surface area contributed by atoms with Crippen LogP contribution in [0.3, 0.4) is 0 Å². The van der Waals surface area contributed by atoms with E-state index in [4.69, 9.17) is 5.73 Å². The molecule has 0 radical (unpaired) electrons. The van der Waals surface area contributed by atoms with E-state index in [1.54, 1.807) is 0 Å². The Hall–Kier alpha value is -1.02. The van der Waals surface area contributed by atoms with E-state index in [1.807, 2.05) is 25.2 Å². The van der Waals surface area contributed by atoms with Gasteiger partial charge in [-0.3, -0.25) is 0 Å². The smallest absolute Gasteiger partial charge is 0.0790 e. The Morgan fingerprint density at radius 2 is 1.69 bits per heavy atom. The highest BCUT2D eigenvalue weighted by molar-refractivity contribution is 5.45. The van der Waals surface area contributed by atoms with E-state index >= 15 is 0 Å². The molecule has 0 fully saturated rings. The van der Waals surface area contributed by atoms with Gasteiger partial charge in [0.25, 0.3) is 0 Å². The van der Waals surface area contributed by atoms with Crippen LogP contribution in [0, 0.1) is 5.92 Å². The van der Waals surface area contributed by atoms with Crippen LogP contribution in [0.15, 0.2) is 30.3 Å². The Bertz CT molecular complexity index is 244. The summed E-state index contributed by atoms with van der Waals surface area (Å²) < 4.78 is 0. The van der Waals surface area contributed by atoms with Crippen LogP contribution in [0.4, 0.5) is 5.69 Å². The molecule has 0 heterocycles. The van der Waals surface area contributed by atoms with Gasteiger partial charge in [0.15, 0.2) is 0 Å². The fourth-order valence-electron chi connectivity index (χ4n) is 1.28. The van der Waals surface area contributed by atoms with Crippen molar-refractivity contribution < 1.29 is 0 Å². The van der Waals surface area contributed by atoms with Crippen molar-refractivity contribution in [2.45, 2.75) is 20.0 Å². The number of rotatable bonds is 3. The number of nitrogens with two attached hydrogens (primary N) is 1. The van der Waals surface area contributed by atoms with Gasteiger partial charge in [0.1, 0.15) is 0 Å². The fraction of sp³-hybridized carbons (Fsp3) is 0.455. The molecular weight excluding hydrogens is 160 g/mol. The maximum Gasteiger partial charge on any atom is 0.0790 e. The largest absolute Gasteiger partial charge is 0.359 e. The highest BCUT2D eigenvalue weighted by Gasteiger charge is 2.13. The molecular formula is C11H18N2. The van der Waals surface area contributed by atoms with Gasteiger partial charge < -0.3 is 10.6 Å². The van der Waals surface area contributed by atoms with Crippen LogP contribution in [-0.4, -0.2) is 13.2 Å². The minimum absolute atomic E-state index is 0.0856. The van der Waals surface area contributed by atoms with E-state index in [-0.39, 0.29) is 6.17 Å². The normalized spacial score (nSPS) is 13.0. The van der Waals surface area contributed by atoms with E-state index in [1.165, 1.54) is 5.69 Å². The first kappa shape index (κ1) is 10.1. The summed E-state index contributed by atoms with van der Waals surface area (Å²) in [5.41, 5.74) is 7.19. The first-order valence-corrected chi connectivity index (χ1v) is 4.66. The predicted molar refractivity (Wildman–Crippen MR) is 57.7 cm³/mol. The van der Waals surface area contributed by atoms with Crippen LogP contribution >= 0.6 is 0 Å². The number of hydrogen-bond acceptors (Lipinski definition) is 2. The molecule has 0 amide bonds. The monoisotopic (exact) mass is 178 g/mol. The lowest BCUT2D eigenvalue weighted by atomic mass is 10.1. The van der Waals surface area contributed by atoms with Gasteiger partial charge in [-0.2, -0.15) is 0 Å². The van der Waals surface area contributed by atoms with Gasteiger partial charge in [0, 0.05) is 12.7 Å². The number of anilines is 1. The van der Waals surface area contributed by atoms with Crippen LogP contribution < -0.4 is 10.6 Å². The second kappa shape index (κ2) is 4.28. The lowest BCUT2D eigenvalue weighted by Crippen LogP contribution is -2.43. The topological polar surface area (TPSA) is 29.3 Å². The van der Waals surface area contributed by atoms with Crippen molar-refractivity contribution in [1.29, 1.82) is 0 Å². The van der Waals surface area contributed by atoms with Crippen LogP contribution in [0.2, 0.25) is 0 Å². The molecule has 1 aromatic rings. The van der Waals surface area contributed by atoms with Gasteiger partial charge in [0.2, 0.25) is 0 Å². The van der Waals surface area contributed by atoms with Gasteiger partial charge in [0.05, 0.1) is 6.17 Å². The second-order valence-electron chi connectivity index (χ2n) is 3.68. The Balaban J connectivity index is 2.73. The molecule has 0 aliphatic heterocycles. The third-order valence-corrected chi connectivity index (χ3v) is 2.29. The van der Waals surface area contributed by atoms with Crippen molar-refractivity contribution in [2.75, 3.05) is 11.9 Å². The van der Waals surface area contributed by atoms with Crippen molar-refractivity contribution in [3.63, 3.8) is 0 Å². The molecule has 2 nitrogen and oxygen atoms in total. The maximum atomic E-state index is 6.02. The highest BCUT2D eigenvalue weighted by Crippen LogP contribution is 2.15. The van der Waals surface area contributed by atoms with E-state index in [2.05, 4.69) is 30.9 Å². The van der Waals surface area contributed by atoms with Gasteiger partial charge in [-0.1, -0.05) is 32.0 Å². The molecule has 1 rings (SSSR count). The summed E-state index contributed by atoms with van der Waals surface area (Å²) in [5, 5.41) is 0. The number of para-hydroxylation sites is 1. The minimum Gasteiger partial charge on any atom is -0.359 e. The SMILES string of the molecule is CC(C)C(N)N(C)c1ccccc1. The highest BCUT2D eigenvalue weighted by atomic mass is 15.2. The molecule has 0 aromatic heterocycles. The minimum atomic E-state index is 0.0856.